The monoisotopic (exact) mass is 579 g/mol. The number of ether oxygens (including phenoxy) is 1. The van der Waals surface area contributed by atoms with E-state index in [4.69, 9.17) is 21.3 Å². The molecule has 0 spiro atoms. The molecular weight excluding hydrogens is 546 g/mol. The number of carbonyl (C=O) groups excluding carboxylic acids is 1. The molecule has 0 radical (unpaired) electrons. The lowest BCUT2D eigenvalue weighted by atomic mass is 10.2. The van der Waals surface area contributed by atoms with E-state index in [1.165, 1.54) is 16.4 Å². The van der Waals surface area contributed by atoms with E-state index in [9.17, 15) is 13.2 Å². The van der Waals surface area contributed by atoms with Crippen LogP contribution in [0.4, 0.5) is 5.13 Å². The van der Waals surface area contributed by atoms with Crippen LogP contribution in [-0.2, 0) is 10.0 Å². The number of unbranched alkanes of at least 4 members (excludes halogenated alkanes) is 1. The Labute approximate surface area is 233 Å². The first-order chi connectivity index (χ1) is 18.2. The second-order valence-corrected chi connectivity index (χ2v) is 12.7. The zero-order valence-electron chi connectivity index (χ0n) is 21.9. The molecule has 4 rings (SSSR count). The highest BCUT2D eigenvalue weighted by atomic mass is 35.5. The summed E-state index contributed by atoms with van der Waals surface area (Å²) >= 11 is 7.87. The second kappa shape index (κ2) is 12.6. The lowest BCUT2D eigenvalue weighted by molar-refractivity contribution is 0.0947. The smallest absolute Gasteiger partial charge is 0.251 e. The second-order valence-electron chi connectivity index (χ2n) is 9.21. The predicted octanol–water partition coefficient (Wildman–Crippen LogP) is 3.93. The highest BCUT2D eigenvalue weighted by Crippen LogP contribution is 2.38. The number of hydrogen-bond acceptors (Lipinski definition) is 8. The van der Waals surface area contributed by atoms with Gasteiger partial charge in [-0.3, -0.25) is 9.69 Å². The minimum Gasteiger partial charge on any atom is -0.493 e. The summed E-state index contributed by atoms with van der Waals surface area (Å²) in [6.45, 7) is 7.14. The van der Waals surface area contributed by atoms with Crippen molar-refractivity contribution in [1.82, 2.24) is 19.5 Å². The maximum absolute atomic E-state index is 12.7. The normalized spacial score (nSPS) is 14.8. The molecule has 1 aliphatic rings. The minimum atomic E-state index is -3.55. The van der Waals surface area contributed by atoms with Crippen LogP contribution in [-0.4, -0.2) is 88.5 Å². The molecule has 3 aromatic rings. The first-order valence-corrected chi connectivity index (χ1v) is 15.3. The Morgan fingerprint density at radius 1 is 1.16 bits per heavy atom. The molecular formula is C26H34ClN5O4S2. The Morgan fingerprint density at radius 3 is 2.53 bits per heavy atom. The molecule has 38 heavy (non-hydrogen) atoms. The van der Waals surface area contributed by atoms with Crippen molar-refractivity contribution in [3.8, 4) is 5.75 Å². The van der Waals surface area contributed by atoms with E-state index in [0.717, 1.165) is 60.9 Å². The fraction of sp³-hybridized carbons (Fsp3) is 0.462. The number of fused-ring (bicyclic) bond motifs is 1. The van der Waals surface area contributed by atoms with Crippen molar-refractivity contribution in [3.05, 3.63) is 47.0 Å². The predicted molar refractivity (Wildman–Crippen MR) is 153 cm³/mol. The van der Waals surface area contributed by atoms with Gasteiger partial charge in [0, 0.05) is 58.4 Å². The molecule has 0 bridgehead atoms. The highest BCUT2D eigenvalue weighted by molar-refractivity contribution is 7.89. The molecule has 2 aromatic carbocycles. The number of carbonyl (C=O) groups is 1. The molecule has 1 fully saturated rings. The minimum absolute atomic E-state index is 0.195. The van der Waals surface area contributed by atoms with Gasteiger partial charge in [-0.2, -0.15) is 0 Å². The van der Waals surface area contributed by atoms with E-state index in [1.807, 2.05) is 19.1 Å². The number of aromatic nitrogens is 1. The lowest BCUT2D eigenvalue weighted by Crippen LogP contribution is -2.48. The lowest BCUT2D eigenvalue weighted by Gasteiger charge is -2.34. The van der Waals surface area contributed by atoms with Crippen molar-refractivity contribution in [3.63, 3.8) is 0 Å². The largest absolute Gasteiger partial charge is 0.493 e. The van der Waals surface area contributed by atoms with Crippen LogP contribution in [0.2, 0.25) is 5.02 Å². The van der Waals surface area contributed by atoms with E-state index in [1.54, 1.807) is 37.6 Å². The van der Waals surface area contributed by atoms with Crippen molar-refractivity contribution >= 4 is 54.2 Å². The third kappa shape index (κ3) is 6.40. The van der Waals surface area contributed by atoms with Crippen molar-refractivity contribution in [2.24, 2.45) is 0 Å². The van der Waals surface area contributed by atoms with Gasteiger partial charge >= 0.3 is 0 Å². The average molecular weight is 580 g/mol. The summed E-state index contributed by atoms with van der Waals surface area (Å²) in [6.07, 6.45) is 1.72. The van der Waals surface area contributed by atoms with E-state index >= 15 is 0 Å². The van der Waals surface area contributed by atoms with Crippen LogP contribution in [0.25, 0.3) is 10.2 Å². The van der Waals surface area contributed by atoms with E-state index < -0.39 is 10.0 Å². The van der Waals surface area contributed by atoms with E-state index in [0.29, 0.717) is 29.4 Å². The summed E-state index contributed by atoms with van der Waals surface area (Å²) < 4.78 is 33.2. The van der Waals surface area contributed by atoms with Gasteiger partial charge in [0.1, 0.15) is 5.52 Å². The third-order valence-corrected chi connectivity index (χ3v) is 9.92. The summed E-state index contributed by atoms with van der Waals surface area (Å²) in [6, 6.07) is 9.93. The number of sulfonamides is 1. The van der Waals surface area contributed by atoms with Crippen LogP contribution in [0, 0.1) is 0 Å². The van der Waals surface area contributed by atoms with Gasteiger partial charge in [0.2, 0.25) is 10.0 Å². The van der Waals surface area contributed by atoms with Crippen molar-refractivity contribution < 1.29 is 17.9 Å². The standard InChI is InChI=1S/C26H34ClN5O4S2/c1-4-5-13-30(2)38(34,35)20-8-6-19(7-9-20)25(33)28-12-14-31-15-17-32(18-16-31)26-29-23-22(37-26)11-10-21(27)24(23)36-3/h6-11H,4-5,12-18H2,1-3H3,(H,28,33). The van der Waals surface area contributed by atoms with Crippen LogP contribution in [0.3, 0.4) is 0 Å². The topological polar surface area (TPSA) is 95.1 Å². The summed E-state index contributed by atoms with van der Waals surface area (Å²) in [5.41, 5.74) is 1.23. The summed E-state index contributed by atoms with van der Waals surface area (Å²) in [5, 5.41) is 4.45. The van der Waals surface area contributed by atoms with Crippen LogP contribution < -0.4 is 15.0 Å². The van der Waals surface area contributed by atoms with Crippen LogP contribution in [0.5, 0.6) is 5.75 Å². The Bertz CT molecular complexity index is 1360. The Kier molecular flexibility index (Phi) is 9.48. The van der Waals surface area contributed by atoms with Gasteiger partial charge in [-0.05, 0) is 42.8 Å². The molecule has 1 aliphatic heterocycles. The van der Waals surface area contributed by atoms with Crippen molar-refractivity contribution in [1.29, 1.82) is 0 Å². The summed E-state index contributed by atoms with van der Waals surface area (Å²) in [4.78, 5) is 22.1. The van der Waals surface area contributed by atoms with Gasteiger partial charge in [0.15, 0.2) is 10.9 Å². The number of amides is 1. The van der Waals surface area contributed by atoms with Gasteiger partial charge < -0.3 is 15.0 Å². The summed E-state index contributed by atoms with van der Waals surface area (Å²) in [5.74, 6) is 0.394. The Balaban J connectivity index is 1.24. The first kappa shape index (κ1) is 28.6. The molecule has 0 saturated carbocycles. The van der Waals surface area contributed by atoms with Crippen molar-refractivity contribution in [2.45, 2.75) is 24.7 Å². The molecule has 1 amide bonds. The third-order valence-electron chi connectivity index (χ3n) is 6.67. The molecule has 12 heteroatoms. The fourth-order valence-corrected chi connectivity index (χ4v) is 6.77. The van der Waals surface area contributed by atoms with Gasteiger partial charge in [-0.1, -0.05) is 36.3 Å². The van der Waals surface area contributed by atoms with Crippen LogP contribution in [0.1, 0.15) is 30.1 Å². The number of benzene rings is 2. The van der Waals surface area contributed by atoms with Gasteiger partial charge in [0.25, 0.3) is 5.91 Å². The molecule has 0 atom stereocenters. The molecule has 2 heterocycles. The number of anilines is 1. The molecule has 0 aliphatic carbocycles. The molecule has 1 N–H and O–H groups in total. The van der Waals surface area contributed by atoms with E-state index in [2.05, 4.69) is 15.1 Å². The number of nitrogens with one attached hydrogen (secondary N) is 1. The van der Waals surface area contributed by atoms with Crippen LogP contribution in [0.15, 0.2) is 41.3 Å². The zero-order valence-corrected chi connectivity index (χ0v) is 24.3. The average Bonchev–Trinajstić information content (AvgIpc) is 3.36. The molecule has 1 aromatic heterocycles. The number of hydrogen-bond donors (Lipinski definition) is 1. The number of rotatable bonds is 11. The quantitative estimate of drug-likeness (QED) is 0.368. The zero-order chi connectivity index (χ0) is 27.3. The number of nitrogens with zero attached hydrogens (tertiary/aromatic N) is 4. The maximum atomic E-state index is 12.7. The van der Waals surface area contributed by atoms with Gasteiger partial charge in [-0.15, -0.1) is 0 Å². The van der Waals surface area contributed by atoms with Gasteiger partial charge in [0.05, 0.1) is 21.7 Å². The maximum Gasteiger partial charge on any atom is 0.251 e. The molecule has 0 unspecified atom stereocenters. The number of thiazole rings is 1. The number of halogens is 1. The van der Waals surface area contributed by atoms with Crippen molar-refractivity contribution in [2.75, 3.05) is 64.9 Å². The molecule has 9 nitrogen and oxygen atoms in total. The molecule has 206 valence electrons. The Morgan fingerprint density at radius 2 is 1.87 bits per heavy atom. The first-order valence-electron chi connectivity index (χ1n) is 12.7. The number of methoxy groups -OCH3 is 1. The van der Waals surface area contributed by atoms with Crippen LogP contribution >= 0.6 is 22.9 Å². The Hall–Kier alpha value is -2.44. The molecule has 1 saturated heterocycles. The number of piperazine rings is 1. The van der Waals surface area contributed by atoms with E-state index in [-0.39, 0.29) is 10.8 Å². The van der Waals surface area contributed by atoms with Gasteiger partial charge in [-0.25, -0.2) is 17.7 Å². The summed E-state index contributed by atoms with van der Waals surface area (Å²) in [7, 11) is -0.365. The SMILES string of the molecule is CCCCN(C)S(=O)(=O)c1ccc(C(=O)NCCN2CCN(c3nc4c(OC)c(Cl)ccc4s3)CC2)cc1. The highest BCUT2D eigenvalue weighted by Gasteiger charge is 2.22. The fourth-order valence-electron chi connectivity index (χ4n) is 4.31.